The van der Waals surface area contributed by atoms with Crippen molar-refractivity contribution in [2.45, 2.75) is 46.1 Å². The molecule has 0 spiro atoms. The predicted octanol–water partition coefficient (Wildman–Crippen LogP) is 3.27. The lowest BCUT2D eigenvalue weighted by atomic mass is 9.94. The Morgan fingerprint density at radius 3 is 2.78 bits per heavy atom. The van der Waals surface area contributed by atoms with E-state index >= 15 is 0 Å². The van der Waals surface area contributed by atoms with Gasteiger partial charge in [-0.05, 0) is 30.4 Å². The number of carbonyl (C=O) groups excluding carboxylic acids is 1. The van der Waals surface area contributed by atoms with Crippen molar-refractivity contribution in [2.75, 3.05) is 18.0 Å². The number of hydrogen-bond donors (Lipinski definition) is 1. The highest BCUT2D eigenvalue weighted by atomic mass is 16.1. The van der Waals surface area contributed by atoms with Crippen LogP contribution in [0.1, 0.15) is 45.6 Å². The first-order chi connectivity index (χ1) is 13.0. The van der Waals surface area contributed by atoms with Crippen molar-refractivity contribution in [3.63, 3.8) is 0 Å². The van der Waals surface area contributed by atoms with Gasteiger partial charge in [0.1, 0.15) is 17.1 Å². The van der Waals surface area contributed by atoms with Gasteiger partial charge in [0.05, 0.1) is 11.3 Å². The van der Waals surface area contributed by atoms with Crippen molar-refractivity contribution in [1.82, 2.24) is 15.3 Å². The van der Waals surface area contributed by atoms with Crippen LogP contribution in [0.15, 0.2) is 24.5 Å². The minimum atomic E-state index is 0.118. The first-order valence-electron chi connectivity index (χ1n) is 9.69. The van der Waals surface area contributed by atoms with Gasteiger partial charge in [0, 0.05) is 37.9 Å². The molecule has 1 amide bonds. The highest BCUT2D eigenvalue weighted by Gasteiger charge is 2.28. The van der Waals surface area contributed by atoms with Crippen LogP contribution < -0.4 is 10.2 Å². The van der Waals surface area contributed by atoms with Gasteiger partial charge in [0.25, 0.3) is 0 Å². The molecule has 1 fully saturated rings. The molecule has 1 aliphatic heterocycles. The van der Waals surface area contributed by atoms with Crippen LogP contribution in [0.3, 0.4) is 0 Å². The summed E-state index contributed by atoms with van der Waals surface area (Å²) >= 11 is 0. The van der Waals surface area contributed by atoms with E-state index in [1.807, 2.05) is 12.1 Å². The van der Waals surface area contributed by atoms with Gasteiger partial charge in [0.2, 0.25) is 5.91 Å². The summed E-state index contributed by atoms with van der Waals surface area (Å²) in [5, 5.41) is 12.5. The summed E-state index contributed by atoms with van der Waals surface area (Å²) in [7, 11) is 0. The van der Waals surface area contributed by atoms with E-state index in [9.17, 15) is 10.1 Å². The number of amides is 1. The molecule has 6 nitrogen and oxygen atoms in total. The average molecular weight is 365 g/mol. The monoisotopic (exact) mass is 365 g/mol. The van der Waals surface area contributed by atoms with Gasteiger partial charge >= 0.3 is 0 Å². The van der Waals surface area contributed by atoms with Crippen LogP contribution >= 0.6 is 0 Å². The third-order valence-corrected chi connectivity index (χ3v) is 5.32. The Balaban J connectivity index is 1.82. The van der Waals surface area contributed by atoms with Crippen molar-refractivity contribution in [3.8, 4) is 6.07 Å². The van der Waals surface area contributed by atoms with Gasteiger partial charge in [-0.2, -0.15) is 5.26 Å². The SMILES string of the molecule is CC[C@@H](C)CC(=O)N[C@@H]1C[C@@H](C)CN(c2ccc(C#N)c3nccnc23)C1. The molecule has 1 aromatic heterocycles. The number of nitrogens with zero attached hydrogens (tertiary/aromatic N) is 4. The molecule has 0 aliphatic carbocycles. The number of aromatic nitrogens is 2. The number of rotatable bonds is 5. The maximum absolute atomic E-state index is 12.3. The van der Waals surface area contributed by atoms with Gasteiger partial charge in [-0.3, -0.25) is 14.8 Å². The zero-order valence-corrected chi connectivity index (χ0v) is 16.3. The summed E-state index contributed by atoms with van der Waals surface area (Å²) in [6, 6.07) is 6.07. The highest BCUT2D eigenvalue weighted by Crippen LogP contribution is 2.30. The second-order valence-electron chi connectivity index (χ2n) is 7.73. The van der Waals surface area contributed by atoms with E-state index in [0.717, 1.165) is 37.1 Å². The minimum Gasteiger partial charge on any atom is -0.367 e. The third-order valence-electron chi connectivity index (χ3n) is 5.32. The molecule has 1 saturated heterocycles. The van der Waals surface area contributed by atoms with Crippen LogP contribution in [0.5, 0.6) is 0 Å². The summed E-state index contributed by atoms with van der Waals surface area (Å²) in [5.41, 5.74) is 2.89. The van der Waals surface area contributed by atoms with Crippen molar-refractivity contribution in [2.24, 2.45) is 11.8 Å². The molecule has 142 valence electrons. The van der Waals surface area contributed by atoms with Crippen molar-refractivity contribution < 1.29 is 4.79 Å². The third kappa shape index (κ3) is 4.36. The first kappa shape index (κ1) is 19.1. The van der Waals surface area contributed by atoms with Crippen LogP contribution in [-0.4, -0.2) is 35.0 Å². The minimum absolute atomic E-state index is 0.118. The van der Waals surface area contributed by atoms with Crippen LogP contribution in [0.2, 0.25) is 0 Å². The van der Waals surface area contributed by atoms with E-state index in [2.05, 4.69) is 47.0 Å². The fourth-order valence-corrected chi connectivity index (χ4v) is 3.79. The normalized spacial score (nSPS) is 20.9. The smallest absolute Gasteiger partial charge is 0.220 e. The Labute approximate surface area is 160 Å². The molecule has 6 heteroatoms. The molecule has 2 heterocycles. The second kappa shape index (κ2) is 8.34. The van der Waals surface area contributed by atoms with E-state index in [1.54, 1.807) is 12.4 Å². The van der Waals surface area contributed by atoms with Gasteiger partial charge in [0.15, 0.2) is 0 Å². The Morgan fingerprint density at radius 2 is 2.07 bits per heavy atom. The Hall–Kier alpha value is -2.68. The van der Waals surface area contributed by atoms with Crippen LogP contribution in [0, 0.1) is 23.2 Å². The Kier molecular flexibility index (Phi) is 5.90. The number of nitrogens with one attached hydrogen (secondary N) is 1. The largest absolute Gasteiger partial charge is 0.367 e. The maximum Gasteiger partial charge on any atom is 0.220 e. The summed E-state index contributed by atoms with van der Waals surface area (Å²) in [4.78, 5) is 23.4. The summed E-state index contributed by atoms with van der Waals surface area (Å²) in [5.74, 6) is 0.989. The topological polar surface area (TPSA) is 81.9 Å². The number of fused-ring (bicyclic) bond motifs is 1. The zero-order chi connectivity index (χ0) is 19.4. The molecule has 0 radical (unpaired) electrons. The van der Waals surface area contributed by atoms with E-state index in [4.69, 9.17) is 0 Å². The molecule has 0 bridgehead atoms. The van der Waals surface area contributed by atoms with E-state index in [0.29, 0.717) is 29.3 Å². The van der Waals surface area contributed by atoms with E-state index in [1.165, 1.54) is 0 Å². The molecule has 3 atom stereocenters. The van der Waals surface area contributed by atoms with Gasteiger partial charge in [-0.15, -0.1) is 0 Å². The molecule has 0 saturated carbocycles. The Bertz CT molecular complexity index is 859. The maximum atomic E-state index is 12.3. The highest BCUT2D eigenvalue weighted by molar-refractivity contribution is 5.92. The number of anilines is 1. The Morgan fingerprint density at radius 1 is 1.33 bits per heavy atom. The summed E-state index contributed by atoms with van der Waals surface area (Å²) < 4.78 is 0. The second-order valence-corrected chi connectivity index (χ2v) is 7.73. The standard InChI is InChI=1S/C21H27N5O/c1-4-14(2)10-19(27)25-17-9-15(3)12-26(13-17)18-6-5-16(11-22)20-21(18)24-8-7-23-20/h5-8,14-15,17H,4,9-10,12-13H2,1-3H3,(H,25,27)/t14-,15-,17-/m1/s1. The lowest BCUT2D eigenvalue weighted by Gasteiger charge is -2.38. The molecule has 3 rings (SSSR count). The molecular weight excluding hydrogens is 338 g/mol. The van der Waals surface area contributed by atoms with Crippen molar-refractivity contribution in [3.05, 3.63) is 30.1 Å². The number of benzene rings is 1. The molecule has 1 aliphatic rings. The first-order valence-corrected chi connectivity index (χ1v) is 9.69. The van der Waals surface area contributed by atoms with Crippen LogP contribution in [0.25, 0.3) is 11.0 Å². The summed E-state index contributed by atoms with van der Waals surface area (Å²) in [6.45, 7) is 8.07. The van der Waals surface area contributed by atoms with Crippen LogP contribution in [0.4, 0.5) is 5.69 Å². The van der Waals surface area contributed by atoms with Crippen molar-refractivity contribution in [1.29, 1.82) is 5.26 Å². The number of piperidine rings is 1. The quantitative estimate of drug-likeness (QED) is 0.879. The lowest BCUT2D eigenvalue weighted by Crippen LogP contribution is -2.50. The van der Waals surface area contributed by atoms with E-state index in [-0.39, 0.29) is 11.9 Å². The molecule has 1 N–H and O–H groups in total. The molecule has 1 aromatic carbocycles. The number of hydrogen-bond acceptors (Lipinski definition) is 5. The zero-order valence-electron chi connectivity index (χ0n) is 16.3. The number of carbonyl (C=O) groups is 1. The lowest BCUT2D eigenvalue weighted by molar-refractivity contribution is -0.122. The average Bonchev–Trinajstić information content (AvgIpc) is 2.66. The summed E-state index contributed by atoms with van der Waals surface area (Å²) in [6.07, 6.45) is 5.83. The molecule has 27 heavy (non-hydrogen) atoms. The fourth-order valence-electron chi connectivity index (χ4n) is 3.79. The van der Waals surface area contributed by atoms with Gasteiger partial charge in [-0.1, -0.05) is 27.2 Å². The fraction of sp³-hybridized carbons (Fsp3) is 0.524. The van der Waals surface area contributed by atoms with Gasteiger partial charge < -0.3 is 10.2 Å². The van der Waals surface area contributed by atoms with Gasteiger partial charge in [-0.25, -0.2) is 0 Å². The van der Waals surface area contributed by atoms with Crippen molar-refractivity contribution >= 4 is 22.6 Å². The molecule has 2 aromatic rings. The molecule has 0 unspecified atom stereocenters. The molecular formula is C21H27N5O. The van der Waals surface area contributed by atoms with E-state index < -0.39 is 0 Å². The predicted molar refractivity (Wildman–Crippen MR) is 106 cm³/mol. The van der Waals surface area contributed by atoms with Crippen LogP contribution in [-0.2, 0) is 4.79 Å². The number of nitriles is 1.